The van der Waals surface area contributed by atoms with Crippen LogP contribution in [0.3, 0.4) is 0 Å². The van der Waals surface area contributed by atoms with Gasteiger partial charge in [-0.15, -0.1) is 0 Å². The Morgan fingerprint density at radius 2 is 1.77 bits per heavy atom. The highest BCUT2D eigenvalue weighted by Crippen LogP contribution is 2.30. The van der Waals surface area contributed by atoms with E-state index >= 15 is 0 Å². The van der Waals surface area contributed by atoms with Gasteiger partial charge in [0.05, 0.1) is 0 Å². The van der Waals surface area contributed by atoms with E-state index in [2.05, 4.69) is 69.8 Å². The highest BCUT2D eigenvalue weighted by Gasteiger charge is 2.23. The van der Waals surface area contributed by atoms with Crippen molar-refractivity contribution < 1.29 is 0 Å². The number of anilines is 1. The minimum absolute atomic E-state index is 0.633. The second-order valence-electron chi connectivity index (χ2n) is 6.92. The Bertz CT molecular complexity index is 817. The van der Waals surface area contributed by atoms with Crippen molar-refractivity contribution in [3.8, 4) is 11.1 Å². The molecular formula is C23H25N3. The minimum atomic E-state index is 0.633. The smallest absolute Gasteiger partial charge is 0.125 e. The SMILES string of the molecule is c1ccc(-c2cccc(C3CCN(CCNc4ccccn4)C3)c2)cc1. The summed E-state index contributed by atoms with van der Waals surface area (Å²) < 4.78 is 0. The van der Waals surface area contributed by atoms with Crippen molar-refractivity contribution in [1.82, 2.24) is 9.88 Å². The molecule has 0 spiro atoms. The van der Waals surface area contributed by atoms with Crippen LogP contribution in [0.1, 0.15) is 17.9 Å². The van der Waals surface area contributed by atoms with Crippen molar-refractivity contribution >= 4 is 5.82 Å². The molecule has 0 aliphatic carbocycles. The van der Waals surface area contributed by atoms with E-state index < -0.39 is 0 Å². The van der Waals surface area contributed by atoms with Crippen molar-refractivity contribution in [2.45, 2.75) is 12.3 Å². The zero-order chi connectivity index (χ0) is 17.6. The molecule has 1 saturated heterocycles. The van der Waals surface area contributed by atoms with Gasteiger partial charge in [0, 0.05) is 25.8 Å². The second-order valence-corrected chi connectivity index (χ2v) is 6.92. The Kier molecular flexibility index (Phi) is 5.27. The first-order chi connectivity index (χ1) is 12.9. The molecule has 3 aromatic rings. The standard InChI is InChI=1S/C23H25N3/c1-2-7-19(8-3-1)20-9-6-10-21(17-20)22-12-15-26(18-22)16-14-25-23-11-4-5-13-24-23/h1-11,13,17,22H,12,14-16,18H2,(H,24,25). The van der Waals surface area contributed by atoms with Crippen molar-refractivity contribution in [2.75, 3.05) is 31.5 Å². The fourth-order valence-electron chi connectivity index (χ4n) is 3.72. The van der Waals surface area contributed by atoms with E-state index in [4.69, 9.17) is 0 Å². The zero-order valence-electron chi connectivity index (χ0n) is 15.0. The third kappa shape index (κ3) is 4.12. The van der Waals surface area contributed by atoms with Crippen LogP contribution in [0.2, 0.25) is 0 Å². The monoisotopic (exact) mass is 343 g/mol. The van der Waals surface area contributed by atoms with Gasteiger partial charge in [0.2, 0.25) is 0 Å². The lowest BCUT2D eigenvalue weighted by atomic mass is 9.94. The fourth-order valence-corrected chi connectivity index (χ4v) is 3.72. The number of aromatic nitrogens is 1. The predicted molar refractivity (Wildman–Crippen MR) is 108 cm³/mol. The molecule has 4 rings (SSSR count). The molecule has 0 saturated carbocycles. The van der Waals surface area contributed by atoms with E-state index in [1.54, 1.807) is 0 Å². The van der Waals surface area contributed by atoms with Crippen LogP contribution in [0.4, 0.5) is 5.82 Å². The molecule has 3 heteroatoms. The van der Waals surface area contributed by atoms with Crippen LogP contribution in [0.5, 0.6) is 0 Å². The van der Waals surface area contributed by atoms with Gasteiger partial charge in [-0.3, -0.25) is 0 Å². The molecule has 0 radical (unpaired) electrons. The molecule has 0 bridgehead atoms. The molecule has 26 heavy (non-hydrogen) atoms. The first kappa shape index (κ1) is 16.8. The van der Waals surface area contributed by atoms with Gasteiger partial charge in [-0.1, -0.05) is 60.7 Å². The molecule has 1 unspecified atom stereocenters. The molecule has 1 N–H and O–H groups in total. The number of nitrogens with one attached hydrogen (secondary N) is 1. The topological polar surface area (TPSA) is 28.2 Å². The third-order valence-corrected chi connectivity index (χ3v) is 5.14. The Morgan fingerprint density at radius 1 is 0.923 bits per heavy atom. The number of likely N-dealkylation sites (tertiary alicyclic amines) is 1. The summed E-state index contributed by atoms with van der Waals surface area (Å²) in [5, 5.41) is 3.40. The molecule has 2 aromatic carbocycles. The van der Waals surface area contributed by atoms with Gasteiger partial charge in [0.25, 0.3) is 0 Å². The summed E-state index contributed by atoms with van der Waals surface area (Å²) in [6.07, 6.45) is 3.07. The average Bonchev–Trinajstić information content (AvgIpc) is 3.19. The van der Waals surface area contributed by atoms with Crippen molar-refractivity contribution in [3.63, 3.8) is 0 Å². The van der Waals surface area contributed by atoms with Crippen molar-refractivity contribution in [1.29, 1.82) is 0 Å². The maximum atomic E-state index is 4.31. The van der Waals surface area contributed by atoms with Crippen LogP contribution in [0.25, 0.3) is 11.1 Å². The van der Waals surface area contributed by atoms with E-state index in [1.165, 1.54) is 29.7 Å². The highest BCUT2D eigenvalue weighted by molar-refractivity contribution is 5.64. The highest BCUT2D eigenvalue weighted by atomic mass is 15.2. The van der Waals surface area contributed by atoms with Crippen LogP contribution < -0.4 is 5.32 Å². The first-order valence-electron chi connectivity index (χ1n) is 9.41. The van der Waals surface area contributed by atoms with Gasteiger partial charge in [-0.05, 0) is 47.7 Å². The Labute approximate surface area is 155 Å². The fraction of sp³-hybridized carbons (Fsp3) is 0.261. The molecule has 132 valence electrons. The zero-order valence-corrected chi connectivity index (χ0v) is 15.0. The first-order valence-corrected chi connectivity index (χ1v) is 9.41. The summed E-state index contributed by atoms with van der Waals surface area (Å²) >= 11 is 0. The van der Waals surface area contributed by atoms with E-state index in [-0.39, 0.29) is 0 Å². The number of rotatable bonds is 6. The summed E-state index contributed by atoms with van der Waals surface area (Å²) in [6.45, 7) is 4.31. The number of hydrogen-bond donors (Lipinski definition) is 1. The molecule has 2 heterocycles. The van der Waals surface area contributed by atoms with Crippen LogP contribution >= 0.6 is 0 Å². The summed E-state index contributed by atoms with van der Waals surface area (Å²) in [6, 6.07) is 25.7. The lowest BCUT2D eigenvalue weighted by Gasteiger charge is -2.17. The molecule has 1 atom stereocenters. The molecular weight excluding hydrogens is 318 g/mol. The van der Waals surface area contributed by atoms with Gasteiger partial charge in [-0.2, -0.15) is 0 Å². The maximum absolute atomic E-state index is 4.31. The quantitative estimate of drug-likeness (QED) is 0.706. The van der Waals surface area contributed by atoms with E-state index in [0.717, 1.165) is 25.5 Å². The van der Waals surface area contributed by atoms with Gasteiger partial charge >= 0.3 is 0 Å². The van der Waals surface area contributed by atoms with Gasteiger partial charge < -0.3 is 10.2 Å². The number of hydrogen-bond acceptors (Lipinski definition) is 3. The number of benzene rings is 2. The predicted octanol–water partition coefficient (Wildman–Crippen LogP) is 4.65. The Balaban J connectivity index is 1.34. The Hall–Kier alpha value is -2.65. The van der Waals surface area contributed by atoms with E-state index in [9.17, 15) is 0 Å². The van der Waals surface area contributed by atoms with Crippen LogP contribution in [-0.4, -0.2) is 36.1 Å². The van der Waals surface area contributed by atoms with Crippen molar-refractivity contribution in [2.24, 2.45) is 0 Å². The summed E-state index contributed by atoms with van der Waals surface area (Å²) in [5.41, 5.74) is 4.08. The van der Waals surface area contributed by atoms with Gasteiger partial charge in [0.15, 0.2) is 0 Å². The summed E-state index contributed by atoms with van der Waals surface area (Å²) in [5.74, 6) is 1.59. The summed E-state index contributed by atoms with van der Waals surface area (Å²) in [4.78, 5) is 6.87. The summed E-state index contributed by atoms with van der Waals surface area (Å²) in [7, 11) is 0. The molecule has 1 aliphatic heterocycles. The van der Waals surface area contributed by atoms with Crippen molar-refractivity contribution in [3.05, 3.63) is 84.6 Å². The van der Waals surface area contributed by atoms with E-state index in [0.29, 0.717) is 5.92 Å². The third-order valence-electron chi connectivity index (χ3n) is 5.14. The largest absolute Gasteiger partial charge is 0.369 e. The molecule has 1 aromatic heterocycles. The van der Waals surface area contributed by atoms with Gasteiger partial charge in [-0.25, -0.2) is 4.98 Å². The minimum Gasteiger partial charge on any atom is -0.369 e. The average molecular weight is 343 g/mol. The lowest BCUT2D eigenvalue weighted by Crippen LogP contribution is -2.27. The molecule has 1 fully saturated rings. The molecule has 1 aliphatic rings. The molecule has 3 nitrogen and oxygen atoms in total. The van der Waals surface area contributed by atoms with Crippen LogP contribution in [0, 0.1) is 0 Å². The number of nitrogens with zero attached hydrogens (tertiary/aromatic N) is 2. The lowest BCUT2D eigenvalue weighted by molar-refractivity contribution is 0.348. The van der Waals surface area contributed by atoms with E-state index in [1.807, 2.05) is 24.4 Å². The Morgan fingerprint density at radius 3 is 2.62 bits per heavy atom. The normalized spacial score (nSPS) is 17.3. The maximum Gasteiger partial charge on any atom is 0.125 e. The molecule has 0 amide bonds. The van der Waals surface area contributed by atoms with Gasteiger partial charge in [0.1, 0.15) is 5.82 Å². The number of pyridine rings is 1. The second kappa shape index (κ2) is 8.15. The van der Waals surface area contributed by atoms with Crippen LogP contribution in [-0.2, 0) is 0 Å². The van der Waals surface area contributed by atoms with Crippen LogP contribution in [0.15, 0.2) is 79.0 Å².